The molecule has 1 heterocycles. The summed E-state index contributed by atoms with van der Waals surface area (Å²) in [6.45, 7) is 4.47. The number of rotatable bonds is 2. The minimum Gasteiger partial charge on any atom is -0.480 e. The van der Waals surface area contributed by atoms with E-state index in [1.165, 1.54) is 4.90 Å². The molecule has 0 saturated carbocycles. The molecule has 0 aliphatic carbocycles. The monoisotopic (exact) mass is 185 g/mol. The van der Waals surface area contributed by atoms with Crippen LogP contribution in [0.1, 0.15) is 26.7 Å². The van der Waals surface area contributed by atoms with Gasteiger partial charge in [0.25, 0.3) is 0 Å². The van der Waals surface area contributed by atoms with Crippen molar-refractivity contribution in [1.29, 1.82) is 0 Å². The van der Waals surface area contributed by atoms with Gasteiger partial charge >= 0.3 is 5.97 Å². The standard InChI is InChI=1S/C9H15NO3/c1-9(2)3-4-10(6-8(12)13)7(11)5-9/h3-6H2,1-2H3,(H,12,13). The second kappa shape index (κ2) is 3.36. The summed E-state index contributed by atoms with van der Waals surface area (Å²) in [5.41, 5.74) is 0.0338. The van der Waals surface area contributed by atoms with Crippen molar-refractivity contribution >= 4 is 11.9 Å². The lowest BCUT2D eigenvalue weighted by atomic mass is 9.82. The van der Waals surface area contributed by atoms with Gasteiger partial charge in [0.1, 0.15) is 6.54 Å². The predicted octanol–water partition coefficient (Wildman–Crippen LogP) is 0.720. The number of amides is 1. The number of carbonyl (C=O) groups is 2. The summed E-state index contributed by atoms with van der Waals surface area (Å²) >= 11 is 0. The molecule has 1 aliphatic rings. The van der Waals surface area contributed by atoms with E-state index < -0.39 is 5.97 Å². The van der Waals surface area contributed by atoms with Gasteiger partial charge in [-0.25, -0.2) is 0 Å². The lowest BCUT2D eigenvalue weighted by Gasteiger charge is -2.35. The minimum atomic E-state index is -0.937. The van der Waals surface area contributed by atoms with Crippen molar-refractivity contribution in [3.05, 3.63) is 0 Å². The van der Waals surface area contributed by atoms with Gasteiger partial charge in [-0.2, -0.15) is 0 Å². The van der Waals surface area contributed by atoms with Gasteiger partial charge in [0.15, 0.2) is 0 Å². The Hall–Kier alpha value is -1.06. The third-order valence-corrected chi connectivity index (χ3v) is 2.37. The number of likely N-dealkylation sites (tertiary alicyclic amines) is 1. The maximum Gasteiger partial charge on any atom is 0.323 e. The molecule has 4 nitrogen and oxygen atoms in total. The van der Waals surface area contributed by atoms with Gasteiger partial charge in [-0.1, -0.05) is 13.8 Å². The van der Waals surface area contributed by atoms with Crippen LogP contribution in [-0.2, 0) is 9.59 Å². The van der Waals surface area contributed by atoms with E-state index in [1.807, 2.05) is 13.8 Å². The van der Waals surface area contributed by atoms with Crippen LogP contribution >= 0.6 is 0 Å². The molecule has 74 valence electrons. The number of carboxylic acid groups (broad SMARTS) is 1. The number of carboxylic acids is 1. The lowest BCUT2D eigenvalue weighted by molar-refractivity contribution is -0.147. The lowest BCUT2D eigenvalue weighted by Crippen LogP contribution is -2.44. The number of hydrogen-bond acceptors (Lipinski definition) is 2. The van der Waals surface area contributed by atoms with Crippen LogP contribution in [0.3, 0.4) is 0 Å². The van der Waals surface area contributed by atoms with Crippen LogP contribution in [0.4, 0.5) is 0 Å². The molecule has 0 bridgehead atoms. The molecule has 1 amide bonds. The molecule has 0 aromatic heterocycles. The van der Waals surface area contributed by atoms with Gasteiger partial charge in [-0.05, 0) is 11.8 Å². The molecule has 1 saturated heterocycles. The van der Waals surface area contributed by atoms with Crippen molar-refractivity contribution in [3.8, 4) is 0 Å². The fourth-order valence-electron chi connectivity index (χ4n) is 1.50. The zero-order chi connectivity index (χ0) is 10.1. The number of hydrogen-bond donors (Lipinski definition) is 1. The molecular formula is C9H15NO3. The first-order valence-electron chi connectivity index (χ1n) is 4.40. The van der Waals surface area contributed by atoms with E-state index in [1.54, 1.807) is 0 Å². The second-order valence-electron chi connectivity index (χ2n) is 4.30. The van der Waals surface area contributed by atoms with Crippen LogP contribution in [0.25, 0.3) is 0 Å². The second-order valence-corrected chi connectivity index (χ2v) is 4.30. The SMILES string of the molecule is CC1(C)CCN(CC(=O)O)C(=O)C1. The first kappa shape index (κ1) is 10.0. The summed E-state index contributed by atoms with van der Waals surface area (Å²) in [7, 11) is 0. The molecule has 1 rings (SSSR count). The first-order valence-corrected chi connectivity index (χ1v) is 4.40. The largest absolute Gasteiger partial charge is 0.480 e. The Labute approximate surface area is 77.5 Å². The van der Waals surface area contributed by atoms with Crippen LogP contribution in [0.2, 0.25) is 0 Å². The highest BCUT2D eigenvalue weighted by Crippen LogP contribution is 2.30. The van der Waals surface area contributed by atoms with Gasteiger partial charge in [-0.15, -0.1) is 0 Å². The molecule has 0 atom stereocenters. The molecule has 0 radical (unpaired) electrons. The van der Waals surface area contributed by atoms with E-state index in [4.69, 9.17) is 5.11 Å². The van der Waals surface area contributed by atoms with Crippen LogP contribution in [0.15, 0.2) is 0 Å². The van der Waals surface area contributed by atoms with Gasteiger partial charge in [0.2, 0.25) is 5.91 Å². The Kier molecular flexibility index (Phi) is 2.59. The first-order chi connectivity index (χ1) is 5.91. The Morgan fingerprint density at radius 2 is 2.23 bits per heavy atom. The van der Waals surface area contributed by atoms with Crippen molar-refractivity contribution in [3.63, 3.8) is 0 Å². The Morgan fingerprint density at radius 1 is 1.62 bits per heavy atom. The summed E-state index contributed by atoms with van der Waals surface area (Å²) < 4.78 is 0. The maximum absolute atomic E-state index is 11.4. The topological polar surface area (TPSA) is 57.6 Å². The predicted molar refractivity (Wildman–Crippen MR) is 47.2 cm³/mol. The van der Waals surface area contributed by atoms with E-state index in [9.17, 15) is 9.59 Å². The molecule has 4 heteroatoms. The molecular weight excluding hydrogens is 170 g/mol. The van der Waals surface area contributed by atoms with E-state index in [0.29, 0.717) is 13.0 Å². The Morgan fingerprint density at radius 3 is 2.69 bits per heavy atom. The third kappa shape index (κ3) is 2.72. The van der Waals surface area contributed by atoms with Crippen molar-refractivity contribution in [2.24, 2.45) is 5.41 Å². The maximum atomic E-state index is 11.4. The van der Waals surface area contributed by atoms with Crippen molar-refractivity contribution in [1.82, 2.24) is 4.90 Å². The van der Waals surface area contributed by atoms with Crippen LogP contribution in [0, 0.1) is 5.41 Å². The highest BCUT2D eigenvalue weighted by molar-refractivity contribution is 5.82. The van der Waals surface area contributed by atoms with Crippen LogP contribution in [-0.4, -0.2) is 35.0 Å². The normalized spacial score (nSPS) is 21.7. The van der Waals surface area contributed by atoms with Gasteiger partial charge in [0.05, 0.1) is 0 Å². The van der Waals surface area contributed by atoms with Crippen molar-refractivity contribution in [2.75, 3.05) is 13.1 Å². The molecule has 13 heavy (non-hydrogen) atoms. The number of piperidine rings is 1. The molecule has 0 unspecified atom stereocenters. The molecule has 1 N–H and O–H groups in total. The van der Waals surface area contributed by atoms with E-state index in [2.05, 4.69) is 0 Å². The third-order valence-electron chi connectivity index (χ3n) is 2.37. The fraction of sp³-hybridized carbons (Fsp3) is 0.778. The zero-order valence-corrected chi connectivity index (χ0v) is 8.04. The van der Waals surface area contributed by atoms with E-state index in [0.717, 1.165) is 6.42 Å². The zero-order valence-electron chi connectivity index (χ0n) is 8.04. The van der Waals surface area contributed by atoms with Gasteiger partial charge in [-0.3, -0.25) is 9.59 Å². The van der Waals surface area contributed by atoms with Crippen LogP contribution < -0.4 is 0 Å². The molecule has 1 fully saturated rings. The fourth-order valence-corrected chi connectivity index (χ4v) is 1.50. The quantitative estimate of drug-likeness (QED) is 0.689. The highest BCUT2D eigenvalue weighted by Gasteiger charge is 2.31. The smallest absolute Gasteiger partial charge is 0.323 e. The molecule has 1 aliphatic heterocycles. The van der Waals surface area contributed by atoms with E-state index in [-0.39, 0.29) is 17.9 Å². The van der Waals surface area contributed by atoms with E-state index >= 15 is 0 Å². The Balaban J connectivity index is 2.54. The average Bonchev–Trinajstić information content (AvgIpc) is 1.93. The number of aliphatic carboxylic acids is 1. The highest BCUT2D eigenvalue weighted by atomic mass is 16.4. The number of nitrogens with zero attached hydrogens (tertiary/aromatic N) is 1. The number of carbonyl (C=O) groups excluding carboxylic acids is 1. The minimum absolute atomic E-state index is 0.0338. The summed E-state index contributed by atoms with van der Waals surface area (Å²) in [4.78, 5) is 23.2. The summed E-state index contributed by atoms with van der Waals surface area (Å²) in [6.07, 6.45) is 1.34. The summed E-state index contributed by atoms with van der Waals surface area (Å²) in [6, 6.07) is 0. The molecule has 0 aromatic carbocycles. The van der Waals surface area contributed by atoms with Crippen LogP contribution in [0.5, 0.6) is 0 Å². The van der Waals surface area contributed by atoms with Gasteiger partial charge in [0, 0.05) is 13.0 Å². The summed E-state index contributed by atoms with van der Waals surface area (Å²) in [5.74, 6) is -0.980. The average molecular weight is 185 g/mol. The molecule has 0 aromatic rings. The Bertz CT molecular complexity index is 235. The van der Waals surface area contributed by atoms with Crippen molar-refractivity contribution < 1.29 is 14.7 Å². The van der Waals surface area contributed by atoms with Gasteiger partial charge < -0.3 is 10.0 Å². The summed E-state index contributed by atoms with van der Waals surface area (Å²) in [5, 5.41) is 8.52. The molecule has 0 spiro atoms. The van der Waals surface area contributed by atoms with Crippen molar-refractivity contribution in [2.45, 2.75) is 26.7 Å².